The van der Waals surface area contributed by atoms with E-state index < -0.39 is 0 Å². The number of hydrogen-bond acceptors (Lipinski definition) is 1. The Morgan fingerprint density at radius 3 is 2.64 bits per heavy atom. The second-order valence-electron chi connectivity index (χ2n) is 4.95. The molecule has 0 aromatic heterocycles. The Hall–Kier alpha value is -0.0400. The Balaban J connectivity index is 1.96. The molecule has 0 aliphatic heterocycles. The minimum Gasteiger partial charge on any atom is -0.311 e. The molecule has 0 radical (unpaired) electrons. The summed E-state index contributed by atoms with van der Waals surface area (Å²) in [4.78, 5) is 0. The summed E-state index contributed by atoms with van der Waals surface area (Å²) in [6, 6.07) is 1.61. The van der Waals surface area contributed by atoms with E-state index >= 15 is 0 Å². The van der Waals surface area contributed by atoms with E-state index in [0.717, 1.165) is 18.0 Å². The van der Waals surface area contributed by atoms with Gasteiger partial charge in [-0.3, -0.25) is 0 Å². The zero-order valence-corrected chi connectivity index (χ0v) is 10.2. The van der Waals surface area contributed by atoms with Crippen molar-refractivity contribution in [2.75, 3.05) is 0 Å². The van der Waals surface area contributed by atoms with Crippen LogP contribution in [0, 0.1) is 5.92 Å². The van der Waals surface area contributed by atoms with E-state index in [9.17, 15) is 0 Å². The first-order valence-electron chi connectivity index (χ1n) is 6.54. The third-order valence-electron chi connectivity index (χ3n) is 3.32. The lowest BCUT2D eigenvalue weighted by atomic mass is 10.1. The van der Waals surface area contributed by atoms with Crippen molar-refractivity contribution in [1.29, 1.82) is 0 Å². The maximum atomic E-state index is 3.75. The predicted molar refractivity (Wildman–Crippen MR) is 63.5 cm³/mol. The van der Waals surface area contributed by atoms with Crippen molar-refractivity contribution >= 4 is 0 Å². The standard InChI is InChI=1S/C13H27N/c1-4-6-7-9-11(3)14-13-10-12(13)8-5-2/h11-14H,4-10H2,1-3H3. The van der Waals surface area contributed by atoms with Crippen LogP contribution < -0.4 is 5.32 Å². The van der Waals surface area contributed by atoms with E-state index in [1.807, 2.05) is 0 Å². The van der Waals surface area contributed by atoms with Crippen molar-refractivity contribution in [1.82, 2.24) is 5.32 Å². The number of unbranched alkanes of at least 4 members (excludes halogenated alkanes) is 2. The van der Waals surface area contributed by atoms with E-state index in [-0.39, 0.29) is 0 Å². The summed E-state index contributed by atoms with van der Waals surface area (Å²) in [5.41, 5.74) is 0. The van der Waals surface area contributed by atoms with Crippen LogP contribution in [0.1, 0.15) is 65.7 Å². The van der Waals surface area contributed by atoms with Crippen LogP contribution in [-0.2, 0) is 0 Å². The molecular formula is C13H27N. The topological polar surface area (TPSA) is 12.0 Å². The molecule has 1 nitrogen and oxygen atoms in total. The molecule has 1 saturated carbocycles. The van der Waals surface area contributed by atoms with Crippen LogP contribution >= 0.6 is 0 Å². The highest BCUT2D eigenvalue weighted by atomic mass is 15.0. The van der Waals surface area contributed by atoms with Gasteiger partial charge in [0.15, 0.2) is 0 Å². The fraction of sp³-hybridized carbons (Fsp3) is 1.00. The number of hydrogen-bond donors (Lipinski definition) is 1. The van der Waals surface area contributed by atoms with E-state index in [0.29, 0.717) is 0 Å². The van der Waals surface area contributed by atoms with Crippen molar-refractivity contribution in [2.45, 2.75) is 77.8 Å². The van der Waals surface area contributed by atoms with Crippen LogP contribution in [-0.4, -0.2) is 12.1 Å². The Morgan fingerprint density at radius 1 is 1.21 bits per heavy atom. The van der Waals surface area contributed by atoms with Gasteiger partial charge in [-0.15, -0.1) is 0 Å². The van der Waals surface area contributed by atoms with E-state index in [1.54, 1.807) is 0 Å². The summed E-state index contributed by atoms with van der Waals surface area (Å²) in [6.07, 6.45) is 9.72. The van der Waals surface area contributed by atoms with Gasteiger partial charge < -0.3 is 5.32 Å². The van der Waals surface area contributed by atoms with Crippen LogP contribution in [0.25, 0.3) is 0 Å². The Morgan fingerprint density at radius 2 is 2.00 bits per heavy atom. The molecule has 0 aromatic carbocycles. The fourth-order valence-electron chi connectivity index (χ4n) is 2.29. The molecule has 1 fully saturated rings. The van der Waals surface area contributed by atoms with Gasteiger partial charge in [-0.1, -0.05) is 39.5 Å². The SMILES string of the molecule is CCCCCC(C)NC1CC1CCC. The normalized spacial score (nSPS) is 27.6. The van der Waals surface area contributed by atoms with Gasteiger partial charge in [0.05, 0.1) is 0 Å². The average molecular weight is 197 g/mol. The maximum Gasteiger partial charge on any atom is 0.0102 e. The van der Waals surface area contributed by atoms with Crippen LogP contribution in [0.15, 0.2) is 0 Å². The molecule has 0 amide bonds. The van der Waals surface area contributed by atoms with E-state index in [1.165, 1.54) is 44.9 Å². The van der Waals surface area contributed by atoms with Crippen LogP contribution in [0.4, 0.5) is 0 Å². The van der Waals surface area contributed by atoms with Gasteiger partial charge >= 0.3 is 0 Å². The van der Waals surface area contributed by atoms with Gasteiger partial charge in [0.1, 0.15) is 0 Å². The zero-order chi connectivity index (χ0) is 10.4. The molecule has 0 spiro atoms. The lowest BCUT2D eigenvalue weighted by Gasteiger charge is -2.13. The Labute approximate surface area is 89.7 Å². The third-order valence-corrected chi connectivity index (χ3v) is 3.32. The zero-order valence-electron chi connectivity index (χ0n) is 10.2. The summed E-state index contributed by atoms with van der Waals surface area (Å²) in [6.45, 7) is 6.91. The van der Waals surface area contributed by atoms with Gasteiger partial charge in [-0.05, 0) is 32.1 Å². The van der Waals surface area contributed by atoms with Gasteiger partial charge in [0.25, 0.3) is 0 Å². The summed E-state index contributed by atoms with van der Waals surface area (Å²) >= 11 is 0. The second kappa shape index (κ2) is 6.44. The first-order valence-corrected chi connectivity index (χ1v) is 6.54. The van der Waals surface area contributed by atoms with Crippen LogP contribution in [0.3, 0.4) is 0 Å². The van der Waals surface area contributed by atoms with Crippen molar-refractivity contribution < 1.29 is 0 Å². The van der Waals surface area contributed by atoms with Crippen LogP contribution in [0.5, 0.6) is 0 Å². The van der Waals surface area contributed by atoms with E-state index in [4.69, 9.17) is 0 Å². The highest BCUT2D eigenvalue weighted by Gasteiger charge is 2.36. The smallest absolute Gasteiger partial charge is 0.0102 e. The molecular weight excluding hydrogens is 170 g/mol. The maximum absolute atomic E-state index is 3.75. The molecule has 1 aliphatic rings. The monoisotopic (exact) mass is 197 g/mol. The summed E-state index contributed by atoms with van der Waals surface area (Å²) in [5, 5.41) is 3.75. The Bertz CT molecular complexity index is 144. The lowest BCUT2D eigenvalue weighted by Crippen LogP contribution is -2.29. The molecule has 0 bridgehead atoms. The average Bonchev–Trinajstić information content (AvgIpc) is 2.85. The van der Waals surface area contributed by atoms with Crippen molar-refractivity contribution in [2.24, 2.45) is 5.92 Å². The Kier molecular flexibility index (Phi) is 5.54. The molecule has 1 rings (SSSR count). The molecule has 84 valence electrons. The van der Waals surface area contributed by atoms with Gasteiger partial charge in [-0.2, -0.15) is 0 Å². The fourth-order valence-corrected chi connectivity index (χ4v) is 2.29. The first kappa shape index (κ1) is 12.0. The molecule has 1 heteroatoms. The predicted octanol–water partition coefficient (Wildman–Crippen LogP) is 3.73. The summed E-state index contributed by atoms with van der Waals surface area (Å²) < 4.78 is 0. The number of nitrogens with one attached hydrogen (secondary N) is 1. The summed E-state index contributed by atoms with van der Waals surface area (Å²) in [5.74, 6) is 1.01. The second-order valence-corrected chi connectivity index (χ2v) is 4.95. The van der Waals surface area contributed by atoms with Gasteiger partial charge in [0.2, 0.25) is 0 Å². The van der Waals surface area contributed by atoms with Crippen molar-refractivity contribution in [3.63, 3.8) is 0 Å². The first-order chi connectivity index (χ1) is 6.77. The molecule has 3 unspecified atom stereocenters. The van der Waals surface area contributed by atoms with Gasteiger partial charge in [0, 0.05) is 12.1 Å². The van der Waals surface area contributed by atoms with Gasteiger partial charge in [-0.25, -0.2) is 0 Å². The number of rotatable bonds is 8. The largest absolute Gasteiger partial charge is 0.311 e. The third kappa shape index (κ3) is 4.45. The quantitative estimate of drug-likeness (QED) is 0.585. The highest BCUT2D eigenvalue weighted by molar-refractivity contribution is 4.93. The van der Waals surface area contributed by atoms with Crippen molar-refractivity contribution in [3.05, 3.63) is 0 Å². The minimum atomic E-state index is 0.744. The van der Waals surface area contributed by atoms with E-state index in [2.05, 4.69) is 26.1 Å². The highest BCUT2D eigenvalue weighted by Crippen LogP contribution is 2.35. The minimum absolute atomic E-state index is 0.744. The molecule has 3 atom stereocenters. The summed E-state index contributed by atoms with van der Waals surface area (Å²) in [7, 11) is 0. The van der Waals surface area contributed by atoms with Crippen molar-refractivity contribution in [3.8, 4) is 0 Å². The molecule has 1 N–H and O–H groups in total. The molecule has 0 saturated heterocycles. The molecule has 0 heterocycles. The lowest BCUT2D eigenvalue weighted by molar-refractivity contribution is 0.467. The molecule has 14 heavy (non-hydrogen) atoms. The molecule has 1 aliphatic carbocycles. The molecule has 0 aromatic rings. The van der Waals surface area contributed by atoms with Crippen LogP contribution in [0.2, 0.25) is 0 Å².